The largest absolute Gasteiger partial charge is 0.390 e. The van der Waals surface area contributed by atoms with Crippen LogP contribution in [0.4, 0.5) is 0 Å². The fourth-order valence-electron chi connectivity index (χ4n) is 4.15. The Balaban J connectivity index is 1.45. The van der Waals surface area contributed by atoms with Crippen LogP contribution in [0.3, 0.4) is 0 Å². The zero-order chi connectivity index (χ0) is 19.7. The van der Waals surface area contributed by atoms with Gasteiger partial charge in [0.05, 0.1) is 11.2 Å². The molecule has 2 aromatic heterocycles. The molecule has 1 aliphatic rings. The first-order valence-corrected chi connectivity index (χ1v) is 10.0. The van der Waals surface area contributed by atoms with Gasteiger partial charge < -0.3 is 10.4 Å². The number of hydrogen-bond acceptors (Lipinski definition) is 2. The van der Waals surface area contributed by atoms with Crippen LogP contribution < -0.4 is 9.72 Å². The van der Waals surface area contributed by atoms with Gasteiger partial charge in [-0.25, -0.2) is 9.38 Å². The molecule has 1 fully saturated rings. The molecule has 4 rings (SSSR count). The van der Waals surface area contributed by atoms with Crippen LogP contribution in [0.5, 0.6) is 0 Å². The van der Waals surface area contributed by atoms with E-state index in [0.29, 0.717) is 11.5 Å². The molecule has 2 heterocycles. The molecular formula is C23H28N3O2+. The number of aromatic amines is 1. The normalized spacial score (nSPS) is 20.2. The molecule has 0 radical (unpaired) electrons. The molecule has 0 aliphatic heterocycles. The number of hydrogen-bond donors (Lipinski definition) is 3. The number of imidazole rings is 1. The minimum absolute atomic E-state index is 0.0384. The highest BCUT2D eigenvalue weighted by molar-refractivity contribution is 5.94. The maximum atomic E-state index is 12.7. The van der Waals surface area contributed by atoms with E-state index < -0.39 is 5.60 Å². The monoisotopic (exact) mass is 378 g/mol. The van der Waals surface area contributed by atoms with Crippen molar-refractivity contribution in [1.29, 1.82) is 0 Å². The van der Waals surface area contributed by atoms with Crippen molar-refractivity contribution in [3.05, 3.63) is 60.4 Å². The van der Waals surface area contributed by atoms with E-state index in [1.807, 2.05) is 61.0 Å². The van der Waals surface area contributed by atoms with Crippen LogP contribution in [0, 0.1) is 5.92 Å². The number of fused-ring (bicyclic) bond motifs is 1. The van der Waals surface area contributed by atoms with Crippen LogP contribution in [0.15, 0.2) is 54.9 Å². The van der Waals surface area contributed by atoms with Crippen molar-refractivity contribution in [2.75, 3.05) is 0 Å². The van der Waals surface area contributed by atoms with Crippen LogP contribution in [0.2, 0.25) is 0 Å². The minimum atomic E-state index is -0.638. The lowest BCUT2D eigenvalue weighted by atomic mass is 9.77. The Hall–Kier alpha value is -2.66. The van der Waals surface area contributed by atoms with Gasteiger partial charge in [-0.15, -0.1) is 0 Å². The predicted molar refractivity (Wildman–Crippen MR) is 109 cm³/mol. The summed E-state index contributed by atoms with van der Waals surface area (Å²) in [6, 6.07) is 14.1. The van der Waals surface area contributed by atoms with Crippen LogP contribution in [0.25, 0.3) is 16.9 Å². The van der Waals surface area contributed by atoms with Gasteiger partial charge in [0.2, 0.25) is 0 Å². The summed E-state index contributed by atoms with van der Waals surface area (Å²) < 4.78 is 1.96. The van der Waals surface area contributed by atoms with Gasteiger partial charge in [-0.3, -0.25) is 4.79 Å². The molecule has 0 unspecified atom stereocenters. The van der Waals surface area contributed by atoms with Gasteiger partial charge in [-0.2, -0.15) is 0 Å². The van der Waals surface area contributed by atoms with Crippen molar-refractivity contribution in [3.63, 3.8) is 0 Å². The number of pyridine rings is 1. The molecule has 1 amide bonds. The number of aliphatic hydroxyl groups is 1. The number of rotatable bonds is 4. The average molecular weight is 378 g/mol. The fraction of sp³-hybridized carbons (Fsp3) is 0.391. The van der Waals surface area contributed by atoms with Crippen molar-refractivity contribution in [2.24, 2.45) is 5.92 Å². The summed E-state index contributed by atoms with van der Waals surface area (Å²) in [5, 5.41) is 13.3. The van der Waals surface area contributed by atoms with Crippen LogP contribution in [0.1, 0.15) is 49.9 Å². The second kappa shape index (κ2) is 7.40. The second-order valence-electron chi connectivity index (χ2n) is 8.42. The second-order valence-corrected chi connectivity index (χ2v) is 8.42. The van der Waals surface area contributed by atoms with Crippen molar-refractivity contribution in [2.45, 2.75) is 51.2 Å². The molecule has 5 nitrogen and oxygen atoms in total. The number of amides is 1. The number of nitrogens with one attached hydrogen (secondary N) is 2. The highest BCUT2D eigenvalue weighted by atomic mass is 16.3. The zero-order valence-corrected chi connectivity index (χ0v) is 16.5. The zero-order valence-electron chi connectivity index (χ0n) is 16.5. The van der Waals surface area contributed by atoms with E-state index in [1.54, 1.807) is 0 Å². The van der Waals surface area contributed by atoms with Crippen LogP contribution in [-0.2, 0) is 0 Å². The SMILES string of the molecule is CC(C)(O)C1CCC(NC(=O)c2ccc3[nH]c(-c4ccccc4)c[n+]3c2)CC1. The van der Waals surface area contributed by atoms with Gasteiger partial charge in [0.25, 0.3) is 11.6 Å². The summed E-state index contributed by atoms with van der Waals surface area (Å²) in [6.45, 7) is 3.76. The summed E-state index contributed by atoms with van der Waals surface area (Å²) >= 11 is 0. The van der Waals surface area contributed by atoms with Crippen molar-refractivity contribution in [3.8, 4) is 11.3 Å². The first-order chi connectivity index (χ1) is 13.4. The number of carbonyl (C=O) groups is 1. The third-order valence-electron chi connectivity index (χ3n) is 5.92. The molecule has 1 aromatic carbocycles. The van der Waals surface area contributed by atoms with Gasteiger partial charge in [0.1, 0.15) is 12.4 Å². The molecule has 146 valence electrons. The average Bonchev–Trinajstić information content (AvgIpc) is 3.12. The Labute approximate surface area is 165 Å². The topological polar surface area (TPSA) is 69.2 Å². The Morgan fingerprint density at radius 2 is 1.79 bits per heavy atom. The summed E-state index contributed by atoms with van der Waals surface area (Å²) in [7, 11) is 0. The van der Waals surface area contributed by atoms with E-state index in [4.69, 9.17) is 0 Å². The molecule has 0 spiro atoms. The van der Waals surface area contributed by atoms with Crippen molar-refractivity contribution >= 4 is 11.6 Å². The highest BCUT2D eigenvalue weighted by Gasteiger charge is 2.32. The highest BCUT2D eigenvalue weighted by Crippen LogP contribution is 2.32. The van der Waals surface area contributed by atoms with E-state index in [1.165, 1.54) is 0 Å². The lowest BCUT2D eigenvalue weighted by Crippen LogP contribution is -2.42. The molecular weight excluding hydrogens is 350 g/mol. The smallest absolute Gasteiger partial charge is 0.284 e. The van der Waals surface area contributed by atoms with Crippen LogP contribution >= 0.6 is 0 Å². The van der Waals surface area contributed by atoms with E-state index in [2.05, 4.69) is 22.4 Å². The van der Waals surface area contributed by atoms with E-state index >= 15 is 0 Å². The maximum Gasteiger partial charge on any atom is 0.284 e. The Morgan fingerprint density at radius 3 is 2.46 bits per heavy atom. The van der Waals surface area contributed by atoms with Crippen molar-refractivity contribution in [1.82, 2.24) is 10.3 Å². The molecule has 1 aliphatic carbocycles. The number of carbonyl (C=O) groups excluding carboxylic acids is 1. The molecule has 0 saturated heterocycles. The van der Waals surface area contributed by atoms with E-state index in [0.717, 1.165) is 42.6 Å². The molecule has 5 heteroatoms. The molecule has 1 saturated carbocycles. The summed E-state index contributed by atoms with van der Waals surface area (Å²) in [5.41, 5.74) is 3.09. The lowest BCUT2D eigenvalue weighted by molar-refractivity contribution is -0.509. The van der Waals surface area contributed by atoms with Gasteiger partial charge in [0, 0.05) is 17.7 Å². The third-order valence-corrected chi connectivity index (χ3v) is 5.92. The van der Waals surface area contributed by atoms with Gasteiger partial charge in [-0.05, 0) is 51.5 Å². The van der Waals surface area contributed by atoms with Crippen molar-refractivity contribution < 1.29 is 14.3 Å². The number of nitrogens with zero attached hydrogens (tertiary/aromatic N) is 1. The summed E-state index contributed by atoms with van der Waals surface area (Å²) in [6.07, 6.45) is 7.60. The van der Waals surface area contributed by atoms with E-state index in [-0.39, 0.29) is 11.9 Å². The van der Waals surface area contributed by atoms with E-state index in [9.17, 15) is 9.90 Å². The van der Waals surface area contributed by atoms with Gasteiger partial charge in [0.15, 0.2) is 5.69 Å². The fourth-order valence-corrected chi connectivity index (χ4v) is 4.15. The van der Waals surface area contributed by atoms with Crippen LogP contribution in [-0.4, -0.2) is 27.6 Å². The Kier molecular flexibility index (Phi) is 4.94. The third kappa shape index (κ3) is 3.94. The molecule has 0 atom stereocenters. The summed E-state index contributed by atoms with van der Waals surface area (Å²) in [5.74, 6) is 0.271. The standard InChI is InChI=1S/C23H27N3O2/c1-23(2,28)18-9-11-19(12-10-18)24-22(27)17-8-13-21-25-20(15-26(21)14-17)16-6-4-3-5-7-16/h3-8,13-15,18-19,28H,9-12H2,1-2H3,(H,24,27)/p+1. The predicted octanol–water partition coefficient (Wildman–Crippen LogP) is 3.48. The molecule has 0 bridgehead atoms. The van der Waals surface area contributed by atoms with Gasteiger partial charge >= 0.3 is 0 Å². The first kappa shape index (κ1) is 18.7. The Bertz CT molecular complexity index is 964. The Morgan fingerprint density at radius 1 is 1.07 bits per heavy atom. The quantitative estimate of drug-likeness (QED) is 0.609. The molecule has 3 aromatic rings. The number of benzene rings is 1. The minimum Gasteiger partial charge on any atom is -0.390 e. The number of aromatic nitrogens is 2. The molecule has 3 N–H and O–H groups in total. The lowest BCUT2D eigenvalue weighted by Gasteiger charge is -2.36. The maximum absolute atomic E-state index is 12.7. The first-order valence-electron chi connectivity index (χ1n) is 10.0. The van der Waals surface area contributed by atoms with Gasteiger partial charge in [-0.1, -0.05) is 30.3 Å². The summed E-state index contributed by atoms with van der Waals surface area (Å²) in [4.78, 5) is 16.1. The number of H-pyrrole nitrogens is 1. The molecule has 28 heavy (non-hydrogen) atoms.